The summed E-state index contributed by atoms with van der Waals surface area (Å²) in [6.45, 7) is 5.40. The van der Waals surface area contributed by atoms with Crippen LogP contribution in [0.1, 0.15) is 19.2 Å². The molecule has 0 bridgehead atoms. The highest BCUT2D eigenvalue weighted by molar-refractivity contribution is 6.31. The van der Waals surface area contributed by atoms with Gasteiger partial charge in [0.15, 0.2) is 0 Å². The van der Waals surface area contributed by atoms with Crippen molar-refractivity contribution in [1.29, 1.82) is 0 Å². The lowest BCUT2D eigenvalue weighted by molar-refractivity contribution is 0.199. The maximum Gasteiger partial charge on any atom is 0.123 e. The zero-order chi connectivity index (χ0) is 13.7. The van der Waals surface area contributed by atoms with Crippen LogP contribution in [-0.2, 0) is 17.8 Å². The lowest BCUT2D eigenvalue weighted by Gasteiger charge is -2.08. The Morgan fingerprint density at radius 1 is 1.42 bits per heavy atom. The van der Waals surface area contributed by atoms with Crippen LogP contribution in [0.15, 0.2) is 18.2 Å². The molecule has 0 unspecified atom stereocenters. The van der Waals surface area contributed by atoms with Gasteiger partial charge < -0.3 is 14.6 Å². The molecule has 0 fully saturated rings. The Bertz CT molecular complexity index is 539. The predicted molar refractivity (Wildman–Crippen MR) is 78.6 cm³/mol. The first kappa shape index (κ1) is 14.3. The molecule has 0 aliphatic heterocycles. The third-order valence-corrected chi connectivity index (χ3v) is 3.24. The second-order valence-electron chi connectivity index (χ2n) is 4.48. The first-order chi connectivity index (χ1) is 9.26. The highest BCUT2D eigenvalue weighted by atomic mass is 35.5. The van der Waals surface area contributed by atoms with Crippen LogP contribution >= 0.6 is 11.6 Å². The largest absolute Gasteiger partial charge is 0.383 e. The first-order valence-corrected chi connectivity index (χ1v) is 6.98. The highest BCUT2D eigenvalue weighted by Crippen LogP contribution is 2.21. The molecule has 0 radical (unpaired) electrons. The average molecular weight is 282 g/mol. The molecule has 2 rings (SSSR count). The summed E-state index contributed by atoms with van der Waals surface area (Å²) in [5.74, 6) is 1.05. The van der Waals surface area contributed by atoms with E-state index in [0.717, 1.165) is 47.9 Å². The van der Waals surface area contributed by atoms with Gasteiger partial charge in [-0.2, -0.15) is 0 Å². The molecular formula is C14H20ClN3O. The Morgan fingerprint density at radius 3 is 3.00 bits per heavy atom. The molecule has 2 aromatic rings. The molecule has 4 nitrogen and oxygen atoms in total. The van der Waals surface area contributed by atoms with Crippen molar-refractivity contribution in [2.45, 2.75) is 26.4 Å². The molecule has 0 aliphatic rings. The quantitative estimate of drug-likeness (QED) is 0.793. The van der Waals surface area contributed by atoms with Gasteiger partial charge in [-0.1, -0.05) is 18.5 Å². The van der Waals surface area contributed by atoms with Crippen molar-refractivity contribution in [2.24, 2.45) is 0 Å². The minimum atomic E-state index is 0.708. The standard InChI is InChI=1S/C14H20ClN3O/c1-3-7-18-13-9-11(15)4-5-12(13)17-14(18)10-16-6-8-19-2/h4-5,9,16H,3,6-8,10H2,1-2H3. The van der Waals surface area contributed by atoms with E-state index in [-0.39, 0.29) is 0 Å². The van der Waals surface area contributed by atoms with E-state index >= 15 is 0 Å². The maximum atomic E-state index is 6.07. The molecule has 104 valence electrons. The lowest BCUT2D eigenvalue weighted by Crippen LogP contribution is -2.21. The smallest absolute Gasteiger partial charge is 0.123 e. The zero-order valence-corrected chi connectivity index (χ0v) is 12.2. The molecule has 0 spiro atoms. The van der Waals surface area contributed by atoms with E-state index in [9.17, 15) is 0 Å². The van der Waals surface area contributed by atoms with Crippen molar-refractivity contribution in [3.63, 3.8) is 0 Å². The fourth-order valence-corrected chi connectivity index (χ4v) is 2.29. The Hall–Kier alpha value is -1.10. The number of nitrogens with zero attached hydrogens (tertiary/aromatic N) is 2. The van der Waals surface area contributed by atoms with Crippen molar-refractivity contribution in [3.05, 3.63) is 29.0 Å². The van der Waals surface area contributed by atoms with Gasteiger partial charge in [-0.25, -0.2) is 4.98 Å². The van der Waals surface area contributed by atoms with E-state index in [1.807, 2.05) is 18.2 Å². The minimum absolute atomic E-state index is 0.708. The summed E-state index contributed by atoms with van der Waals surface area (Å²) in [7, 11) is 1.70. The Balaban J connectivity index is 2.23. The number of benzene rings is 1. The number of aromatic nitrogens is 2. The number of ether oxygens (including phenoxy) is 1. The van der Waals surface area contributed by atoms with Gasteiger partial charge in [0.25, 0.3) is 0 Å². The number of fused-ring (bicyclic) bond motifs is 1. The fourth-order valence-electron chi connectivity index (χ4n) is 2.13. The van der Waals surface area contributed by atoms with E-state index in [2.05, 4.69) is 21.8 Å². The molecule has 1 N–H and O–H groups in total. The van der Waals surface area contributed by atoms with Crippen LogP contribution in [0.25, 0.3) is 11.0 Å². The molecule has 0 saturated heterocycles. The molecule has 0 aliphatic carbocycles. The van der Waals surface area contributed by atoms with Crippen LogP contribution in [-0.4, -0.2) is 29.8 Å². The summed E-state index contributed by atoms with van der Waals surface area (Å²) in [5, 5.41) is 4.09. The number of imidazole rings is 1. The van der Waals surface area contributed by atoms with E-state index in [1.54, 1.807) is 7.11 Å². The number of halogens is 1. The van der Waals surface area contributed by atoms with Crippen LogP contribution in [0.5, 0.6) is 0 Å². The number of hydrogen-bond acceptors (Lipinski definition) is 3. The van der Waals surface area contributed by atoms with E-state index in [4.69, 9.17) is 16.3 Å². The van der Waals surface area contributed by atoms with Gasteiger partial charge in [-0.3, -0.25) is 0 Å². The van der Waals surface area contributed by atoms with Crippen molar-refractivity contribution >= 4 is 22.6 Å². The number of aryl methyl sites for hydroxylation is 1. The first-order valence-electron chi connectivity index (χ1n) is 6.60. The maximum absolute atomic E-state index is 6.07. The Kier molecular flexibility index (Phi) is 5.19. The predicted octanol–water partition coefficient (Wildman–Crippen LogP) is 2.84. The molecule has 1 aromatic heterocycles. The number of hydrogen-bond donors (Lipinski definition) is 1. The van der Waals surface area contributed by atoms with Crippen molar-refractivity contribution in [1.82, 2.24) is 14.9 Å². The molecule has 0 atom stereocenters. The zero-order valence-electron chi connectivity index (χ0n) is 11.4. The van der Waals surface area contributed by atoms with Crippen molar-refractivity contribution < 1.29 is 4.74 Å². The molecule has 1 aromatic carbocycles. The summed E-state index contributed by atoms with van der Waals surface area (Å²) in [4.78, 5) is 4.67. The van der Waals surface area contributed by atoms with Gasteiger partial charge in [-0.05, 0) is 24.6 Å². The normalized spacial score (nSPS) is 11.3. The summed E-state index contributed by atoms with van der Waals surface area (Å²) in [6, 6.07) is 5.84. The van der Waals surface area contributed by atoms with E-state index < -0.39 is 0 Å². The van der Waals surface area contributed by atoms with E-state index in [1.165, 1.54) is 0 Å². The van der Waals surface area contributed by atoms with Crippen LogP contribution in [0, 0.1) is 0 Å². The van der Waals surface area contributed by atoms with Crippen LogP contribution < -0.4 is 5.32 Å². The van der Waals surface area contributed by atoms with Gasteiger partial charge in [-0.15, -0.1) is 0 Å². The van der Waals surface area contributed by atoms with Gasteiger partial charge >= 0.3 is 0 Å². The van der Waals surface area contributed by atoms with Gasteiger partial charge in [0.1, 0.15) is 5.82 Å². The molecule has 0 saturated carbocycles. The molecule has 1 heterocycles. The molecule has 5 heteroatoms. The van der Waals surface area contributed by atoms with Gasteiger partial charge in [0, 0.05) is 25.2 Å². The second kappa shape index (κ2) is 6.89. The van der Waals surface area contributed by atoms with Crippen molar-refractivity contribution in [2.75, 3.05) is 20.3 Å². The summed E-state index contributed by atoms with van der Waals surface area (Å²) < 4.78 is 7.26. The lowest BCUT2D eigenvalue weighted by atomic mass is 10.3. The average Bonchev–Trinajstić information content (AvgIpc) is 2.73. The van der Waals surface area contributed by atoms with Crippen LogP contribution in [0.3, 0.4) is 0 Å². The van der Waals surface area contributed by atoms with Crippen molar-refractivity contribution in [3.8, 4) is 0 Å². The van der Waals surface area contributed by atoms with E-state index in [0.29, 0.717) is 6.61 Å². The number of rotatable bonds is 7. The van der Waals surface area contributed by atoms with Gasteiger partial charge in [0.2, 0.25) is 0 Å². The SMILES string of the molecule is CCCn1c(CNCCOC)nc2ccc(Cl)cc21. The second-order valence-corrected chi connectivity index (χ2v) is 4.92. The summed E-state index contributed by atoms with van der Waals surface area (Å²) in [6.07, 6.45) is 1.07. The minimum Gasteiger partial charge on any atom is -0.383 e. The Morgan fingerprint density at radius 2 is 2.26 bits per heavy atom. The monoisotopic (exact) mass is 281 g/mol. The van der Waals surface area contributed by atoms with Crippen LogP contribution in [0.4, 0.5) is 0 Å². The third kappa shape index (κ3) is 3.47. The number of nitrogens with one attached hydrogen (secondary N) is 1. The highest BCUT2D eigenvalue weighted by Gasteiger charge is 2.10. The Labute approximate surface area is 118 Å². The number of methoxy groups -OCH3 is 1. The topological polar surface area (TPSA) is 39.1 Å². The summed E-state index contributed by atoms with van der Waals surface area (Å²) >= 11 is 6.07. The molecule has 0 amide bonds. The fraction of sp³-hybridized carbons (Fsp3) is 0.500. The molecular weight excluding hydrogens is 262 g/mol. The third-order valence-electron chi connectivity index (χ3n) is 3.00. The van der Waals surface area contributed by atoms with Crippen LogP contribution in [0.2, 0.25) is 5.02 Å². The van der Waals surface area contributed by atoms with Gasteiger partial charge in [0.05, 0.1) is 24.2 Å². The summed E-state index contributed by atoms with van der Waals surface area (Å²) in [5.41, 5.74) is 2.11. The molecule has 19 heavy (non-hydrogen) atoms.